The molecule has 3 aliphatic rings. The number of amides is 1. The number of benzene rings is 5. The Hall–Kier alpha value is -4.21. The number of hydrogen-bond acceptors (Lipinski definition) is 22. The number of carbonyl (C=O) groups is 3. The van der Waals surface area contributed by atoms with Crippen LogP contribution in [0.5, 0.6) is 0 Å². The van der Waals surface area contributed by atoms with Crippen LogP contribution in [0.15, 0.2) is 148 Å². The van der Waals surface area contributed by atoms with Gasteiger partial charge in [-0.1, -0.05) is 136 Å². The molecule has 3 saturated heterocycles. The van der Waals surface area contributed by atoms with Gasteiger partial charge in [0.1, 0.15) is 58.7 Å². The number of likely N-dealkylation sites (N-methyl/N-ethyl adjacent to an activating group) is 1. The van der Waals surface area contributed by atoms with E-state index in [4.69, 9.17) is 138 Å². The summed E-state index contributed by atoms with van der Waals surface area (Å²) in [7, 11) is 15.5. The number of nitrogens with zero attached hydrogens (tertiary/aromatic N) is 7. The van der Waals surface area contributed by atoms with Crippen molar-refractivity contribution in [1.82, 2.24) is 34.1 Å². The second-order valence-electron chi connectivity index (χ2n) is 24.9. The van der Waals surface area contributed by atoms with E-state index < -0.39 is 67.1 Å². The number of ketones is 1. The topological polar surface area (TPSA) is 276 Å². The molecule has 117 heavy (non-hydrogen) atoms. The predicted octanol–water partition coefficient (Wildman–Crippen LogP) is 12.4. The molecule has 628 valence electrons. The first-order valence-electron chi connectivity index (χ1n) is 35.1. The van der Waals surface area contributed by atoms with Crippen molar-refractivity contribution in [2.45, 2.75) is 134 Å². The molecule has 0 aliphatic carbocycles. The van der Waals surface area contributed by atoms with Crippen molar-refractivity contribution >= 4 is 175 Å². The molecule has 0 spiro atoms. The fraction of sp³-hybridized carbons (Fsp3) is 0.400. The van der Waals surface area contributed by atoms with Gasteiger partial charge < -0.3 is 83.1 Å². The van der Waals surface area contributed by atoms with E-state index in [-0.39, 0.29) is 61.2 Å². The Labute approximate surface area is 767 Å². The van der Waals surface area contributed by atoms with Crippen molar-refractivity contribution in [2.75, 3.05) is 77.6 Å². The van der Waals surface area contributed by atoms with Crippen LogP contribution in [0.1, 0.15) is 96.0 Å². The third-order valence-corrected chi connectivity index (χ3v) is 20.8. The Morgan fingerprint density at radius 2 is 1.04 bits per heavy atom. The van der Waals surface area contributed by atoms with E-state index in [9.17, 15) is 24.6 Å². The minimum atomic E-state index is -1.40. The molecule has 0 radical (unpaired) electrons. The molecule has 5 aromatic carbocycles. The zero-order valence-electron chi connectivity index (χ0n) is 67.5. The minimum Gasteiger partial charge on any atom is -0.504 e. The van der Waals surface area contributed by atoms with E-state index in [0.29, 0.717) is 88.3 Å². The first-order valence-corrected chi connectivity index (χ1v) is 40.1. The van der Waals surface area contributed by atoms with Gasteiger partial charge in [0.25, 0.3) is 5.91 Å². The summed E-state index contributed by atoms with van der Waals surface area (Å²) in [6, 6.07) is 33.4. The summed E-state index contributed by atoms with van der Waals surface area (Å²) < 4.78 is 70.7. The van der Waals surface area contributed by atoms with Gasteiger partial charge in [-0.3, -0.25) is 19.2 Å². The molecule has 0 bridgehead atoms. The molecule has 8 atom stereocenters. The van der Waals surface area contributed by atoms with Crippen molar-refractivity contribution < 1.29 is 124 Å². The molecule has 0 saturated carbocycles. The van der Waals surface area contributed by atoms with Crippen LogP contribution in [-0.2, 0) is 85.7 Å². The SMILES string of the molecule is CCOC.COC(Cc1[c-]ccc(Cl)c1)OC.COC(Cc1cc(Cl)ccc1Br)OC.COC(Cc1cc(Cl)ccc1C(=O)[C@H]1O[C@@H](n2ccc3c(Cl)ncnc32)[C@@H]2OC(C)(C)O[C@@H]21)OC.COC=Cc1cc(Cl)ccc1Br.CON(C)C(=O)[C@H]1O[C@@H](n2ccc3c(Cl)ncnc32)[C@H](O)[C@@H]1O.O=Cc1cc(Cl)ccc1Br.[CH2-]CCC.[Li+].[Li+]. The monoisotopic (exact) mass is 1940 g/mol. The van der Waals surface area contributed by atoms with Crippen LogP contribution in [-0.4, -0.2) is 201 Å². The molecule has 25 nitrogen and oxygen atoms in total. The molecule has 37 heteroatoms. The predicted molar refractivity (Wildman–Crippen MR) is 456 cm³/mol. The van der Waals surface area contributed by atoms with Crippen molar-refractivity contribution in [3.05, 3.63) is 230 Å². The van der Waals surface area contributed by atoms with Gasteiger partial charge >= 0.3 is 37.7 Å². The van der Waals surface area contributed by atoms with Crippen molar-refractivity contribution in [3.8, 4) is 0 Å². The zero-order chi connectivity index (χ0) is 85.2. The maximum absolute atomic E-state index is 13.9. The van der Waals surface area contributed by atoms with Crippen LogP contribution >= 0.6 is 129 Å². The van der Waals surface area contributed by atoms with Crippen LogP contribution < -0.4 is 37.7 Å². The van der Waals surface area contributed by atoms with Gasteiger partial charge in [-0.25, -0.2) is 25.0 Å². The maximum Gasteiger partial charge on any atom is 1.00 e. The van der Waals surface area contributed by atoms with Gasteiger partial charge in [-0.2, -0.15) is 30.2 Å². The molecule has 4 aromatic heterocycles. The quantitative estimate of drug-likeness (QED) is 0.00880. The van der Waals surface area contributed by atoms with Gasteiger partial charge in [-0.05, 0) is 128 Å². The number of halogens is 10. The van der Waals surface area contributed by atoms with E-state index in [1.54, 1.807) is 141 Å². The van der Waals surface area contributed by atoms with Gasteiger partial charge in [0.15, 0.2) is 61.4 Å². The summed E-state index contributed by atoms with van der Waals surface area (Å²) in [6.07, 6.45) is 5.46. The normalized spacial score (nSPS) is 17.9. The smallest absolute Gasteiger partial charge is 0.504 e. The number of methoxy groups -OCH3 is 8. The Kier molecular flexibility index (Phi) is 50.4. The average molecular weight is 1940 g/mol. The number of unbranched alkanes of at least 4 members (excludes halogenated alkanes) is 1. The molecule has 7 heterocycles. The fourth-order valence-corrected chi connectivity index (χ4v) is 13.3. The van der Waals surface area contributed by atoms with Crippen LogP contribution in [0.25, 0.3) is 28.1 Å². The summed E-state index contributed by atoms with van der Waals surface area (Å²) in [6.45, 7) is 12.1. The summed E-state index contributed by atoms with van der Waals surface area (Å²) in [5, 5.41) is 26.3. The van der Waals surface area contributed by atoms with Gasteiger partial charge in [0.05, 0.1) is 31.3 Å². The van der Waals surface area contributed by atoms with Crippen molar-refractivity contribution in [3.63, 3.8) is 0 Å². The number of hydroxylamine groups is 2. The number of ether oxygens (including phenoxy) is 12. The van der Waals surface area contributed by atoms with Crippen LogP contribution in [0.2, 0.25) is 35.4 Å². The number of aliphatic hydroxyl groups is 2. The standard InChI is InChI=1S/C24H25Cl2N3O6.C13H15ClN4O5.C10H12BrClO2.C10H12ClO2.C9H8BrClO.C7H4BrClO.C4H9.C3H8O.2Li/c1-24(2)34-19-18(17(30)14-6-5-13(25)9-12(14)10-16(31-3)32-4)33-23(20(19)35-24)29-8-7-15-21(26)27-11-28-22(15)29;1-17(22-2)12(21)9-7(19)8(20)13(23-9)18-4-3-6-10(14)15-5-16-11(6)18;1-13-10(14-2)6-7-5-8(12)3-4-9(7)11;1-12-10(13-2)7-8-4-3-5-9(11)6-8;1-12-5-4-7-6-8(11)2-3-9(7)10;8-7-2-1-6(9)3-5(7)4-10;2*1-3-4-2;;/h5-9,11,16,18-20,23H,10H2,1-4H3;3-5,7-9,13,19-20H,1-2H3;3-5,10H,6H2,1-2H3;3,5-6,10H,7H2,1-2H3;2-6H,1H3;1-4H;1,3-4H2,2H3;3H2,1-2H3;;/q;;;-1;;;-1;;2*+1/t18-,19-,20-,23-;7-,8+,9-,13+;;;;;;;;/m10......../s1. The number of rotatable bonds is 23. The third kappa shape index (κ3) is 32.4. The number of hydrogen-bond donors (Lipinski definition) is 2. The van der Waals surface area contributed by atoms with Crippen molar-refractivity contribution in [1.29, 1.82) is 0 Å². The van der Waals surface area contributed by atoms with E-state index in [0.717, 1.165) is 54.5 Å². The largest absolute Gasteiger partial charge is 1.00 e. The second-order valence-corrected chi connectivity index (χ2v) is 30.3. The van der Waals surface area contributed by atoms with Crippen LogP contribution in [0.3, 0.4) is 0 Å². The minimum absolute atomic E-state index is 0. The Balaban J connectivity index is 0.000000376. The summed E-state index contributed by atoms with van der Waals surface area (Å²) in [5.41, 5.74) is 5.78. The molecule has 3 aliphatic heterocycles. The molecule has 0 unspecified atom stereocenters. The first kappa shape index (κ1) is 107. The number of fused-ring (bicyclic) bond motifs is 3. The molecular weight excluding hydrogens is 1850 g/mol. The number of aldehydes is 1. The van der Waals surface area contributed by atoms with Crippen molar-refractivity contribution in [2.24, 2.45) is 0 Å². The van der Waals surface area contributed by atoms with E-state index in [1.165, 1.54) is 37.8 Å². The molecule has 2 N–H and O–H groups in total. The first-order chi connectivity index (χ1) is 54.9. The zero-order valence-corrected chi connectivity index (χ0v) is 77.5. The molecule has 9 aromatic rings. The van der Waals surface area contributed by atoms with E-state index >= 15 is 0 Å². The Morgan fingerprint density at radius 3 is 1.52 bits per heavy atom. The Bertz CT molecular complexity index is 4530. The van der Waals surface area contributed by atoms with Crippen LogP contribution in [0, 0.1) is 13.0 Å². The maximum atomic E-state index is 13.9. The second kappa shape index (κ2) is 55.1. The number of aromatic nitrogens is 6. The fourth-order valence-electron chi connectivity index (χ4n) is 10.8. The van der Waals surface area contributed by atoms with Gasteiger partial charge in [0.2, 0.25) is 0 Å². The summed E-state index contributed by atoms with van der Waals surface area (Å²) >= 11 is 51.6. The molecule has 12 rings (SSSR count). The average Bonchev–Trinajstić information content (AvgIpc) is 1.58. The number of Topliss-reactive ketones (excluding diaryl/α,β-unsaturated/α-hetero) is 1. The summed E-state index contributed by atoms with van der Waals surface area (Å²) in [5.74, 6) is -1.75. The van der Waals surface area contributed by atoms with E-state index in [2.05, 4.69) is 92.4 Å². The Morgan fingerprint density at radius 1 is 0.598 bits per heavy atom. The number of aliphatic hydroxyl groups excluding tert-OH is 2. The third-order valence-electron chi connectivity index (χ3n) is 16.8. The molecule has 3 fully saturated rings. The van der Waals surface area contributed by atoms with Crippen LogP contribution in [0.4, 0.5) is 0 Å². The summed E-state index contributed by atoms with van der Waals surface area (Å²) in [4.78, 5) is 57.4. The van der Waals surface area contributed by atoms with E-state index in [1.807, 2.05) is 69.3 Å². The van der Waals surface area contributed by atoms with Gasteiger partial charge in [-0.15, -0.1) is 17.7 Å². The molecular formula is C80H93Br3Cl7Li2N7O18. The molecule has 1 amide bonds. The number of carbonyl (C=O) groups excluding carboxylic acids is 3. The van der Waals surface area contributed by atoms with Gasteiger partial charge in [0, 0.05) is 140 Å².